The van der Waals surface area contributed by atoms with Crippen molar-refractivity contribution in [2.45, 2.75) is 104 Å². The van der Waals surface area contributed by atoms with E-state index in [1.807, 2.05) is 13.3 Å². The predicted molar refractivity (Wildman–Crippen MR) is 160 cm³/mol. The first kappa shape index (κ1) is 30.5. The van der Waals surface area contributed by atoms with Crippen LogP contribution in [0.25, 0.3) is 0 Å². The van der Waals surface area contributed by atoms with E-state index in [-0.39, 0.29) is 22.8 Å². The van der Waals surface area contributed by atoms with Gasteiger partial charge in [-0.2, -0.15) is 0 Å². The van der Waals surface area contributed by atoms with Crippen molar-refractivity contribution in [2.24, 2.45) is 4.99 Å². The first-order valence-corrected chi connectivity index (χ1v) is 14.4. The summed E-state index contributed by atoms with van der Waals surface area (Å²) in [6, 6.07) is 11.6. The summed E-state index contributed by atoms with van der Waals surface area (Å²) >= 11 is 0. The molecule has 2 unspecified atom stereocenters. The fraction of sp³-hybridized carbons (Fsp3) is 0.594. The highest BCUT2D eigenvalue weighted by Gasteiger charge is 2.35. The molecule has 0 amide bonds. The van der Waals surface area contributed by atoms with Crippen molar-refractivity contribution in [1.29, 1.82) is 0 Å². The molecule has 0 spiro atoms. The number of hydrogen-bond acceptors (Lipinski definition) is 3. The third kappa shape index (κ3) is 7.90. The Labute approximate surface area is 223 Å². The maximum absolute atomic E-state index is 6.45. The number of aryl methyl sites for hydroxylation is 1. The molecule has 0 saturated carbocycles. The number of rotatable bonds is 11. The number of benzene rings is 2. The van der Waals surface area contributed by atoms with Crippen molar-refractivity contribution < 1.29 is 9.47 Å². The van der Waals surface area contributed by atoms with Gasteiger partial charge in [0, 0.05) is 36.7 Å². The molecule has 0 bridgehead atoms. The second-order valence-corrected chi connectivity index (χ2v) is 14.2. The second kappa shape index (κ2) is 12.7. The molecule has 0 aromatic heterocycles. The lowest BCUT2D eigenvalue weighted by molar-refractivity contribution is 0.0486. The molecule has 2 aromatic carbocycles. The largest absolute Gasteiger partial charge is 0.467 e. The average Bonchev–Trinajstić information content (AvgIpc) is 2.78. The van der Waals surface area contributed by atoms with E-state index >= 15 is 0 Å². The third-order valence-electron chi connectivity index (χ3n) is 6.84. The maximum Gasteiger partial charge on any atom is 0.188 e. The van der Waals surface area contributed by atoms with Crippen LogP contribution in [0.15, 0.2) is 35.3 Å². The van der Waals surface area contributed by atoms with Gasteiger partial charge in [-0.25, -0.2) is 0 Å². The molecule has 0 heterocycles. The van der Waals surface area contributed by atoms with Gasteiger partial charge in [-0.15, -0.1) is 0 Å². The molecule has 2 aromatic rings. The standard InChI is InChI=1S/C32H50NO2P/c1-12-13-14-17-32(9,36-28-16-15-23(2)18-24(28)21-33-10)27-20-25(30(3,4)5)19-26(31(6,7)8)29(27)35-22-34-11/h15-16,18-21,36H,12-14,17,22H2,1-11H3/b33-21+. The molecule has 0 aliphatic rings. The molecular formula is C32H50NO2P. The number of ether oxygens (including phenoxy) is 2. The van der Waals surface area contributed by atoms with Crippen molar-refractivity contribution in [1.82, 2.24) is 0 Å². The Bertz CT molecular complexity index is 1030. The molecule has 0 aliphatic heterocycles. The van der Waals surface area contributed by atoms with E-state index in [9.17, 15) is 0 Å². The highest BCUT2D eigenvalue weighted by Crippen LogP contribution is 2.52. The smallest absolute Gasteiger partial charge is 0.188 e. The van der Waals surface area contributed by atoms with Gasteiger partial charge in [-0.05, 0) is 46.7 Å². The number of hydrogen-bond donors (Lipinski definition) is 0. The summed E-state index contributed by atoms with van der Waals surface area (Å²) in [5, 5.41) is 1.28. The van der Waals surface area contributed by atoms with Gasteiger partial charge >= 0.3 is 0 Å². The van der Waals surface area contributed by atoms with Gasteiger partial charge in [0.25, 0.3) is 0 Å². The maximum atomic E-state index is 6.45. The molecule has 200 valence electrons. The number of methoxy groups -OCH3 is 1. The summed E-state index contributed by atoms with van der Waals surface area (Å²) in [7, 11) is 4.15. The van der Waals surface area contributed by atoms with Gasteiger partial charge in [0.05, 0.1) is 0 Å². The zero-order chi connectivity index (χ0) is 27.1. The lowest BCUT2D eigenvalue weighted by Crippen LogP contribution is -2.26. The normalized spacial score (nSPS) is 14.6. The molecule has 2 rings (SSSR count). The Balaban J connectivity index is 2.86. The van der Waals surface area contributed by atoms with Gasteiger partial charge in [0.15, 0.2) is 6.79 Å². The monoisotopic (exact) mass is 511 g/mol. The van der Waals surface area contributed by atoms with Crippen LogP contribution in [0.4, 0.5) is 0 Å². The molecule has 4 heteroatoms. The summed E-state index contributed by atoms with van der Waals surface area (Å²) in [5.74, 6) is 1.00. The van der Waals surface area contributed by atoms with E-state index in [4.69, 9.17) is 9.47 Å². The Morgan fingerprint density at radius 3 is 2.14 bits per heavy atom. The van der Waals surface area contributed by atoms with E-state index in [1.54, 1.807) is 7.11 Å². The van der Waals surface area contributed by atoms with E-state index < -0.39 is 0 Å². The topological polar surface area (TPSA) is 30.8 Å². The fourth-order valence-corrected chi connectivity index (χ4v) is 6.30. The molecule has 3 nitrogen and oxygen atoms in total. The van der Waals surface area contributed by atoms with Crippen LogP contribution in [0.5, 0.6) is 5.75 Å². The van der Waals surface area contributed by atoms with Crippen LogP contribution in [0.1, 0.15) is 109 Å². The van der Waals surface area contributed by atoms with Crippen LogP contribution in [0.2, 0.25) is 0 Å². The second-order valence-electron chi connectivity index (χ2n) is 12.3. The van der Waals surface area contributed by atoms with Gasteiger partial charge in [-0.3, -0.25) is 4.99 Å². The van der Waals surface area contributed by atoms with Crippen molar-refractivity contribution in [3.63, 3.8) is 0 Å². The molecule has 36 heavy (non-hydrogen) atoms. The van der Waals surface area contributed by atoms with Crippen LogP contribution >= 0.6 is 8.58 Å². The molecular weight excluding hydrogens is 461 g/mol. The fourth-order valence-electron chi connectivity index (χ4n) is 4.63. The first-order chi connectivity index (χ1) is 16.8. The SMILES string of the molecule is CCCCCC(C)(Pc1ccc(C)cc1/C=N/C)c1cc(C(C)(C)C)cc(C(C)(C)C)c1OCOC. The van der Waals surface area contributed by atoms with Crippen LogP contribution < -0.4 is 10.0 Å². The van der Waals surface area contributed by atoms with Crippen LogP contribution in [-0.4, -0.2) is 27.2 Å². The van der Waals surface area contributed by atoms with Crippen LogP contribution in [0, 0.1) is 6.92 Å². The average molecular weight is 512 g/mol. The Morgan fingerprint density at radius 2 is 1.58 bits per heavy atom. The molecule has 0 N–H and O–H groups in total. The summed E-state index contributed by atoms with van der Waals surface area (Å²) < 4.78 is 11.9. The van der Waals surface area contributed by atoms with Crippen molar-refractivity contribution >= 4 is 20.1 Å². The lowest BCUT2D eigenvalue weighted by atomic mass is 9.76. The number of aliphatic imine (C=N–C) groups is 1. The highest BCUT2D eigenvalue weighted by molar-refractivity contribution is 7.48. The van der Waals surface area contributed by atoms with E-state index in [2.05, 4.69) is 97.6 Å². The number of nitrogens with zero attached hydrogens (tertiary/aromatic N) is 1. The molecule has 0 fully saturated rings. The Hall–Kier alpha value is -1.70. The van der Waals surface area contributed by atoms with Crippen molar-refractivity contribution in [2.75, 3.05) is 21.0 Å². The molecule has 0 saturated heterocycles. The van der Waals surface area contributed by atoms with Gasteiger partial charge in [0.2, 0.25) is 0 Å². The van der Waals surface area contributed by atoms with Crippen LogP contribution in [-0.2, 0) is 20.7 Å². The third-order valence-corrected chi connectivity index (χ3v) is 8.64. The van der Waals surface area contributed by atoms with Crippen LogP contribution in [0.3, 0.4) is 0 Å². The molecule has 0 radical (unpaired) electrons. The minimum atomic E-state index is -0.0783. The van der Waals surface area contributed by atoms with E-state index in [1.165, 1.54) is 52.4 Å². The minimum absolute atomic E-state index is 0.0336. The molecule has 2 atom stereocenters. The molecule has 0 aliphatic carbocycles. The van der Waals surface area contributed by atoms with Gasteiger partial charge < -0.3 is 9.47 Å². The highest BCUT2D eigenvalue weighted by atomic mass is 31.1. The Kier molecular flexibility index (Phi) is 10.8. The van der Waals surface area contributed by atoms with Crippen molar-refractivity contribution in [3.05, 3.63) is 58.1 Å². The zero-order valence-corrected chi connectivity index (χ0v) is 25.8. The summed E-state index contributed by atoms with van der Waals surface area (Å²) in [4.78, 5) is 4.37. The quantitative estimate of drug-likeness (QED) is 0.131. The zero-order valence-electron chi connectivity index (χ0n) is 24.8. The minimum Gasteiger partial charge on any atom is -0.467 e. The Morgan fingerprint density at radius 1 is 0.917 bits per heavy atom. The summed E-state index contributed by atoms with van der Waals surface area (Å²) in [5.41, 5.74) is 6.39. The summed E-state index contributed by atoms with van der Waals surface area (Å²) in [6.07, 6.45) is 6.75. The lowest BCUT2D eigenvalue weighted by Gasteiger charge is -2.37. The van der Waals surface area contributed by atoms with Gasteiger partial charge in [0.1, 0.15) is 5.75 Å². The first-order valence-electron chi connectivity index (χ1n) is 13.4. The number of unbranched alkanes of at least 4 members (excludes halogenated alkanes) is 2. The summed E-state index contributed by atoms with van der Waals surface area (Å²) in [6.45, 7) is 20.9. The van der Waals surface area contributed by atoms with E-state index in [0.29, 0.717) is 8.58 Å². The van der Waals surface area contributed by atoms with E-state index in [0.717, 1.165) is 12.2 Å². The van der Waals surface area contributed by atoms with Crippen molar-refractivity contribution in [3.8, 4) is 5.75 Å². The van der Waals surface area contributed by atoms with Gasteiger partial charge in [-0.1, -0.05) is 113 Å². The predicted octanol–water partition coefficient (Wildman–Crippen LogP) is 8.42.